The number of nitrogens with two attached hydrogens (primary N) is 1. The second-order valence-corrected chi connectivity index (χ2v) is 2.03. The third-order valence-electron chi connectivity index (χ3n) is 1.30. The van der Waals surface area contributed by atoms with Gasteiger partial charge in [-0.15, -0.1) is 0 Å². The van der Waals surface area contributed by atoms with E-state index in [1.807, 2.05) is 0 Å². The first kappa shape index (κ1) is 10.4. The summed E-state index contributed by atoms with van der Waals surface area (Å²) in [6, 6.07) is 6.17. The molecule has 1 rings (SSSR count). The predicted octanol–water partition coefficient (Wildman–Crippen LogP) is 0.752. The number of carbonyl (C=O) groups is 1. The number of rotatable bonds is 2. The van der Waals surface area contributed by atoms with Crippen molar-refractivity contribution >= 4 is 11.7 Å². The molecule has 1 aromatic rings. The summed E-state index contributed by atoms with van der Waals surface area (Å²) in [6.07, 6.45) is 0. The van der Waals surface area contributed by atoms with Crippen molar-refractivity contribution in [2.75, 3.05) is 5.43 Å². The largest absolute Gasteiger partial charge is 0.478 e. The van der Waals surface area contributed by atoms with Gasteiger partial charge in [-0.3, -0.25) is 5.84 Å². The number of carboxylic acids is 1. The van der Waals surface area contributed by atoms with Gasteiger partial charge in [0.25, 0.3) is 0 Å². The Hall–Kier alpha value is -1.55. The highest BCUT2D eigenvalue weighted by Crippen LogP contribution is 2.07. The van der Waals surface area contributed by atoms with Crippen LogP contribution in [0.4, 0.5) is 5.69 Å². The maximum atomic E-state index is 10.3. The maximum absolute atomic E-state index is 10.3. The van der Waals surface area contributed by atoms with E-state index >= 15 is 0 Å². The van der Waals surface area contributed by atoms with E-state index in [9.17, 15) is 4.79 Å². The van der Waals surface area contributed by atoms with Crippen molar-refractivity contribution < 1.29 is 9.90 Å². The fourth-order valence-corrected chi connectivity index (χ4v) is 0.709. The van der Waals surface area contributed by atoms with Gasteiger partial charge in [-0.25, -0.2) is 4.79 Å². The summed E-state index contributed by atoms with van der Waals surface area (Å²) in [5.41, 5.74) is 3.34. The number of hydrogen-bond acceptors (Lipinski definition) is 3. The second kappa shape index (κ2) is 4.35. The summed E-state index contributed by atoms with van der Waals surface area (Å²) in [7, 11) is 0. The number of benzene rings is 1. The minimum Gasteiger partial charge on any atom is -0.478 e. The quantitative estimate of drug-likeness (QED) is 0.445. The number of carboxylic acid groups (broad SMARTS) is 1. The molecule has 1 aromatic carbocycles. The topological polar surface area (TPSA) is 75.3 Å². The van der Waals surface area contributed by atoms with Crippen molar-refractivity contribution in [3.05, 3.63) is 37.3 Å². The molecule has 0 fully saturated rings. The molecule has 0 bridgehead atoms. The molecule has 0 aliphatic rings. The fourth-order valence-electron chi connectivity index (χ4n) is 0.709. The lowest BCUT2D eigenvalue weighted by Gasteiger charge is -1.98. The Balaban J connectivity index is 0.00000121. The second-order valence-electron chi connectivity index (χ2n) is 2.03. The minimum absolute atomic E-state index is 0. The molecule has 0 aliphatic heterocycles. The molecule has 0 saturated heterocycles. The van der Waals surface area contributed by atoms with Crippen LogP contribution in [-0.2, 0) is 0 Å². The van der Waals surface area contributed by atoms with E-state index in [1.165, 1.54) is 12.1 Å². The van der Waals surface area contributed by atoms with Crippen LogP contribution >= 0.6 is 0 Å². The van der Waals surface area contributed by atoms with E-state index in [4.69, 9.17) is 10.9 Å². The van der Waals surface area contributed by atoms with Crippen molar-refractivity contribution in [3.63, 3.8) is 0 Å². The van der Waals surface area contributed by atoms with Crippen molar-refractivity contribution in [3.8, 4) is 0 Å². The number of aromatic carboxylic acids is 1. The number of nitrogen functional groups attached to an aromatic ring is 1. The molecule has 0 spiro atoms. The zero-order chi connectivity index (χ0) is 8.27. The van der Waals surface area contributed by atoms with E-state index in [2.05, 4.69) is 5.43 Å². The van der Waals surface area contributed by atoms with Crippen LogP contribution in [0.3, 0.4) is 0 Å². The van der Waals surface area contributed by atoms with Gasteiger partial charge in [0.2, 0.25) is 0 Å². The van der Waals surface area contributed by atoms with Crippen LogP contribution in [0.2, 0.25) is 0 Å². The third-order valence-corrected chi connectivity index (χ3v) is 1.30. The Labute approximate surface area is 71.0 Å². The van der Waals surface area contributed by atoms with Crippen LogP contribution in [0.5, 0.6) is 0 Å². The average Bonchev–Trinajstić information content (AvgIpc) is 2.05. The summed E-state index contributed by atoms with van der Waals surface area (Å²) in [6.45, 7) is 0. The van der Waals surface area contributed by atoms with Gasteiger partial charge >= 0.3 is 5.97 Å². The molecule has 0 atom stereocenters. The first-order chi connectivity index (χ1) is 5.24. The standard InChI is InChI=1S/C7H8N2O2.C/c8-9-6-3-1-5(2-4-6)7(10)11;/h1-4,9H,8H2,(H,10,11);. The first-order valence-corrected chi connectivity index (χ1v) is 3.04. The van der Waals surface area contributed by atoms with Crippen molar-refractivity contribution in [2.45, 2.75) is 0 Å². The summed E-state index contributed by atoms with van der Waals surface area (Å²) in [5, 5.41) is 8.50. The van der Waals surface area contributed by atoms with E-state index in [1.54, 1.807) is 12.1 Å². The Morgan fingerprint density at radius 2 is 1.83 bits per heavy atom. The number of anilines is 1. The molecule has 0 unspecified atom stereocenters. The third kappa shape index (κ3) is 2.25. The van der Waals surface area contributed by atoms with Crippen LogP contribution in [0.15, 0.2) is 24.3 Å². The highest BCUT2D eigenvalue weighted by Gasteiger charge is 1.99. The molecular weight excluding hydrogens is 156 g/mol. The van der Waals surface area contributed by atoms with Gasteiger partial charge in [-0.2, -0.15) is 0 Å². The van der Waals surface area contributed by atoms with Crippen molar-refractivity contribution in [1.29, 1.82) is 0 Å². The SMILES string of the molecule is NNc1ccc(C(=O)O)cc1.[C]. The van der Waals surface area contributed by atoms with Crippen LogP contribution in [0.1, 0.15) is 10.4 Å². The Morgan fingerprint density at radius 1 is 1.33 bits per heavy atom. The van der Waals surface area contributed by atoms with Gasteiger partial charge in [-0.1, -0.05) is 0 Å². The molecular formula is C8H8N2O2. The van der Waals surface area contributed by atoms with Gasteiger partial charge in [0.15, 0.2) is 0 Å². The number of hydrazine groups is 1. The first-order valence-electron chi connectivity index (χ1n) is 3.04. The maximum Gasteiger partial charge on any atom is 0.335 e. The summed E-state index contributed by atoms with van der Waals surface area (Å²) in [4.78, 5) is 10.3. The molecule has 4 N–H and O–H groups in total. The molecule has 12 heavy (non-hydrogen) atoms. The lowest BCUT2D eigenvalue weighted by atomic mass is 10.2. The van der Waals surface area contributed by atoms with Gasteiger partial charge in [0.1, 0.15) is 0 Å². The van der Waals surface area contributed by atoms with Crippen LogP contribution in [0.25, 0.3) is 0 Å². The molecule has 0 saturated carbocycles. The molecule has 0 aliphatic carbocycles. The molecule has 62 valence electrons. The van der Waals surface area contributed by atoms with Gasteiger partial charge in [-0.05, 0) is 24.3 Å². The van der Waals surface area contributed by atoms with Gasteiger partial charge in [0.05, 0.1) is 5.56 Å². The van der Waals surface area contributed by atoms with Crippen LogP contribution in [0, 0.1) is 7.43 Å². The Kier molecular flexibility index (Phi) is 3.79. The predicted molar refractivity (Wildman–Crippen MR) is 44.5 cm³/mol. The highest BCUT2D eigenvalue weighted by molar-refractivity contribution is 5.87. The lowest BCUT2D eigenvalue weighted by Crippen LogP contribution is -2.06. The van der Waals surface area contributed by atoms with Gasteiger partial charge < -0.3 is 10.5 Å². The lowest BCUT2D eigenvalue weighted by molar-refractivity contribution is 0.0697. The van der Waals surface area contributed by atoms with Gasteiger partial charge in [0, 0.05) is 13.1 Å². The smallest absolute Gasteiger partial charge is 0.335 e. The Bertz CT molecular complexity index is 256. The molecule has 0 aromatic heterocycles. The summed E-state index contributed by atoms with van der Waals surface area (Å²) >= 11 is 0. The summed E-state index contributed by atoms with van der Waals surface area (Å²) in [5.74, 6) is 4.14. The number of hydrogen-bond donors (Lipinski definition) is 3. The van der Waals surface area contributed by atoms with E-state index < -0.39 is 5.97 Å². The fraction of sp³-hybridized carbons (Fsp3) is 0. The molecule has 4 heteroatoms. The molecule has 0 heterocycles. The normalized spacial score (nSPS) is 8.42. The van der Waals surface area contributed by atoms with E-state index in [0.29, 0.717) is 5.69 Å². The summed E-state index contributed by atoms with van der Waals surface area (Å²) < 4.78 is 0. The van der Waals surface area contributed by atoms with Crippen LogP contribution < -0.4 is 11.3 Å². The average molecular weight is 164 g/mol. The van der Waals surface area contributed by atoms with E-state index in [-0.39, 0.29) is 13.0 Å². The molecule has 4 radical (unpaired) electrons. The monoisotopic (exact) mass is 164 g/mol. The Morgan fingerprint density at radius 3 is 2.17 bits per heavy atom. The van der Waals surface area contributed by atoms with Crippen molar-refractivity contribution in [2.24, 2.45) is 5.84 Å². The number of nitrogens with one attached hydrogen (secondary N) is 1. The molecule has 0 amide bonds. The zero-order valence-corrected chi connectivity index (χ0v) is 6.24. The van der Waals surface area contributed by atoms with E-state index in [0.717, 1.165) is 0 Å². The molecule has 4 nitrogen and oxygen atoms in total. The zero-order valence-electron chi connectivity index (χ0n) is 6.24. The van der Waals surface area contributed by atoms with Crippen LogP contribution in [-0.4, -0.2) is 11.1 Å². The van der Waals surface area contributed by atoms with Crippen molar-refractivity contribution in [1.82, 2.24) is 0 Å². The highest BCUT2D eigenvalue weighted by atomic mass is 16.4. The minimum atomic E-state index is -0.937.